The summed E-state index contributed by atoms with van der Waals surface area (Å²) < 4.78 is 5.11. The fourth-order valence-electron chi connectivity index (χ4n) is 1.25. The number of thioether (sulfide) groups is 1. The molecule has 0 fully saturated rings. The maximum Gasteiger partial charge on any atom is 0.241 e. The largest absolute Gasteiger partial charge is 0.494 e. The third-order valence-electron chi connectivity index (χ3n) is 2.23. The number of amides is 1. The molecule has 6 heteroatoms. The van der Waals surface area contributed by atoms with E-state index in [-0.39, 0.29) is 5.91 Å². The van der Waals surface area contributed by atoms with Gasteiger partial charge in [-0.3, -0.25) is 9.78 Å². The Bertz CT molecular complexity index is 373. The van der Waals surface area contributed by atoms with Crippen LogP contribution in [0.3, 0.4) is 0 Å². The summed E-state index contributed by atoms with van der Waals surface area (Å²) in [6.45, 7) is 0. The smallest absolute Gasteiger partial charge is 0.241 e. The summed E-state index contributed by atoms with van der Waals surface area (Å²) in [5.41, 5.74) is 6.30. The van der Waals surface area contributed by atoms with Gasteiger partial charge in [-0.25, -0.2) is 0 Å². The zero-order valence-electron chi connectivity index (χ0n) is 9.97. The van der Waals surface area contributed by atoms with E-state index in [0.29, 0.717) is 17.9 Å². The van der Waals surface area contributed by atoms with Crippen molar-refractivity contribution in [2.45, 2.75) is 12.5 Å². The summed E-state index contributed by atoms with van der Waals surface area (Å²) in [4.78, 5) is 15.7. The molecule has 0 aliphatic carbocycles. The fraction of sp³-hybridized carbons (Fsp3) is 0.455. The Hall–Kier alpha value is -1.27. The van der Waals surface area contributed by atoms with Gasteiger partial charge in [0.15, 0.2) is 0 Å². The first-order chi connectivity index (χ1) is 8.19. The molecule has 5 nitrogen and oxygen atoms in total. The minimum absolute atomic E-state index is 0.217. The summed E-state index contributed by atoms with van der Waals surface area (Å²) in [5, 5.41) is 2.71. The minimum atomic E-state index is -0.507. The molecule has 1 atom stereocenters. The highest BCUT2D eigenvalue weighted by Gasteiger charge is 2.14. The predicted molar refractivity (Wildman–Crippen MR) is 70.4 cm³/mol. The number of carbonyl (C=O) groups excluding carboxylic acids is 1. The van der Waals surface area contributed by atoms with E-state index >= 15 is 0 Å². The molecule has 0 spiro atoms. The molecule has 0 saturated heterocycles. The monoisotopic (exact) mass is 255 g/mol. The van der Waals surface area contributed by atoms with Crippen LogP contribution in [0.5, 0.6) is 5.75 Å². The van der Waals surface area contributed by atoms with Crippen LogP contribution in [-0.4, -0.2) is 36.1 Å². The zero-order chi connectivity index (χ0) is 12.7. The van der Waals surface area contributed by atoms with E-state index < -0.39 is 6.04 Å². The summed E-state index contributed by atoms with van der Waals surface area (Å²) in [5.74, 6) is 1.22. The van der Waals surface area contributed by atoms with Crippen molar-refractivity contribution in [3.05, 3.63) is 18.5 Å². The first kappa shape index (κ1) is 13.8. The molecule has 0 unspecified atom stereocenters. The molecule has 3 N–H and O–H groups in total. The van der Waals surface area contributed by atoms with Gasteiger partial charge in [-0.2, -0.15) is 11.8 Å². The summed E-state index contributed by atoms with van der Waals surface area (Å²) >= 11 is 1.66. The van der Waals surface area contributed by atoms with Crippen LogP contribution < -0.4 is 15.8 Å². The molecule has 0 aliphatic heterocycles. The number of ether oxygens (including phenoxy) is 1. The molecule has 17 heavy (non-hydrogen) atoms. The molecule has 1 rings (SSSR count). The number of pyridine rings is 1. The van der Waals surface area contributed by atoms with Gasteiger partial charge in [-0.1, -0.05) is 0 Å². The molecule has 94 valence electrons. The van der Waals surface area contributed by atoms with Gasteiger partial charge in [0.25, 0.3) is 0 Å². The van der Waals surface area contributed by atoms with Crippen molar-refractivity contribution in [1.82, 2.24) is 4.98 Å². The molecule has 1 aromatic rings. The van der Waals surface area contributed by atoms with Crippen LogP contribution in [0, 0.1) is 0 Å². The van der Waals surface area contributed by atoms with E-state index in [9.17, 15) is 4.79 Å². The second-order valence-electron chi connectivity index (χ2n) is 3.45. The number of methoxy groups -OCH3 is 1. The SMILES string of the molecule is COc1ccncc1NC(=O)[C@@H](N)CCSC. The average molecular weight is 255 g/mol. The molecular formula is C11H17N3O2S. The minimum Gasteiger partial charge on any atom is -0.494 e. The topological polar surface area (TPSA) is 77.2 Å². The van der Waals surface area contributed by atoms with Crippen LogP contribution in [-0.2, 0) is 4.79 Å². The number of nitrogens with two attached hydrogens (primary N) is 1. The molecule has 0 radical (unpaired) electrons. The third kappa shape index (κ3) is 4.24. The number of hydrogen-bond acceptors (Lipinski definition) is 5. The lowest BCUT2D eigenvalue weighted by atomic mass is 10.2. The van der Waals surface area contributed by atoms with Gasteiger partial charge >= 0.3 is 0 Å². The first-order valence-corrected chi connectivity index (χ1v) is 6.61. The van der Waals surface area contributed by atoms with Crippen LogP contribution >= 0.6 is 11.8 Å². The standard InChI is InChI=1S/C11H17N3O2S/c1-16-10-3-5-13-7-9(10)14-11(15)8(12)4-6-17-2/h3,5,7-8H,4,6,12H2,1-2H3,(H,14,15)/t8-/m0/s1. The van der Waals surface area contributed by atoms with Crippen molar-refractivity contribution in [3.63, 3.8) is 0 Å². The van der Waals surface area contributed by atoms with E-state index in [1.54, 1.807) is 31.1 Å². The number of hydrogen-bond donors (Lipinski definition) is 2. The number of anilines is 1. The molecular weight excluding hydrogens is 238 g/mol. The number of nitrogens with one attached hydrogen (secondary N) is 1. The predicted octanol–water partition coefficient (Wildman–Crippen LogP) is 1.11. The lowest BCUT2D eigenvalue weighted by Gasteiger charge is -2.13. The lowest BCUT2D eigenvalue weighted by molar-refractivity contribution is -0.117. The molecule has 0 saturated carbocycles. The molecule has 1 heterocycles. The zero-order valence-corrected chi connectivity index (χ0v) is 10.8. The highest BCUT2D eigenvalue weighted by atomic mass is 32.2. The molecule has 0 bridgehead atoms. The molecule has 0 aliphatic rings. The third-order valence-corrected chi connectivity index (χ3v) is 2.87. The quantitative estimate of drug-likeness (QED) is 0.796. The van der Waals surface area contributed by atoms with Gasteiger partial charge in [-0.05, 0) is 18.4 Å². The maximum absolute atomic E-state index is 11.8. The summed E-state index contributed by atoms with van der Waals surface area (Å²) in [6.07, 6.45) is 5.77. The van der Waals surface area contributed by atoms with Crippen molar-refractivity contribution in [2.75, 3.05) is 24.4 Å². The van der Waals surface area contributed by atoms with E-state index in [4.69, 9.17) is 10.5 Å². The maximum atomic E-state index is 11.8. The number of carbonyl (C=O) groups is 1. The van der Waals surface area contributed by atoms with Crippen molar-refractivity contribution in [1.29, 1.82) is 0 Å². The first-order valence-electron chi connectivity index (χ1n) is 5.22. The molecule has 1 amide bonds. The number of aromatic nitrogens is 1. The summed E-state index contributed by atoms with van der Waals surface area (Å²) in [6, 6.07) is 1.18. The van der Waals surface area contributed by atoms with Crippen molar-refractivity contribution in [2.24, 2.45) is 5.73 Å². The Morgan fingerprint density at radius 2 is 2.47 bits per heavy atom. The van der Waals surface area contributed by atoms with Gasteiger partial charge < -0.3 is 15.8 Å². The van der Waals surface area contributed by atoms with Crippen molar-refractivity contribution < 1.29 is 9.53 Å². The van der Waals surface area contributed by atoms with E-state index in [1.165, 1.54) is 6.20 Å². The van der Waals surface area contributed by atoms with E-state index in [1.807, 2.05) is 6.26 Å². The average Bonchev–Trinajstić information content (AvgIpc) is 2.36. The second-order valence-corrected chi connectivity index (χ2v) is 4.44. The van der Waals surface area contributed by atoms with E-state index in [2.05, 4.69) is 10.3 Å². The Labute approximate surface area is 105 Å². The molecule has 0 aromatic carbocycles. The van der Waals surface area contributed by atoms with Gasteiger partial charge in [-0.15, -0.1) is 0 Å². The Morgan fingerprint density at radius 1 is 1.71 bits per heavy atom. The van der Waals surface area contributed by atoms with Crippen molar-refractivity contribution >= 4 is 23.4 Å². The van der Waals surface area contributed by atoms with Crippen molar-refractivity contribution in [3.8, 4) is 5.75 Å². The Balaban J connectivity index is 2.61. The fourth-order valence-corrected chi connectivity index (χ4v) is 1.74. The van der Waals surface area contributed by atoms with Gasteiger partial charge in [0.05, 0.1) is 19.3 Å². The normalized spacial score (nSPS) is 11.9. The lowest BCUT2D eigenvalue weighted by Crippen LogP contribution is -2.36. The van der Waals surface area contributed by atoms with Crippen LogP contribution in [0.1, 0.15) is 6.42 Å². The van der Waals surface area contributed by atoms with Crippen LogP contribution in [0.4, 0.5) is 5.69 Å². The van der Waals surface area contributed by atoms with Gasteiger partial charge in [0.2, 0.25) is 5.91 Å². The highest BCUT2D eigenvalue weighted by molar-refractivity contribution is 7.98. The van der Waals surface area contributed by atoms with Crippen LogP contribution in [0.2, 0.25) is 0 Å². The second kappa shape index (κ2) is 7.13. The number of nitrogens with zero attached hydrogens (tertiary/aromatic N) is 1. The van der Waals surface area contributed by atoms with Gasteiger partial charge in [0, 0.05) is 12.3 Å². The van der Waals surface area contributed by atoms with Crippen LogP contribution in [0.25, 0.3) is 0 Å². The Morgan fingerprint density at radius 3 is 3.12 bits per heavy atom. The summed E-state index contributed by atoms with van der Waals surface area (Å²) in [7, 11) is 1.54. The molecule has 1 aromatic heterocycles. The van der Waals surface area contributed by atoms with Gasteiger partial charge in [0.1, 0.15) is 11.4 Å². The van der Waals surface area contributed by atoms with Crippen LogP contribution in [0.15, 0.2) is 18.5 Å². The Kier molecular flexibility index (Phi) is 5.79. The van der Waals surface area contributed by atoms with E-state index in [0.717, 1.165) is 5.75 Å². The number of rotatable bonds is 6. The highest BCUT2D eigenvalue weighted by Crippen LogP contribution is 2.21.